The lowest BCUT2D eigenvalue weighted by Crippen LogP contribution is -2.39. The van der Waals surface area contributed by atoms with Gasteiger partial charge in [0.05, 0.1) is 13.7 Å². The molecule has 1 amide bonds. The van der Waals surface area contributed by atoms with Crippen LogP contribution >= 0.6 is 0 Å². The highest BCUT2D eigenvalue weighted by molar-refractivity contribution is 5.81. The summed E-state index contributed by atoms with van der Waals surface area (Å²) in [5.41, 5.74) is 1.16. The Hall–Kier alpha value is -2.69. The second-order valence-electron chi connectivity index (χ2n) is 6.50. The van der Waals surface area contributed by atoms with Gasteiger partial charge < -0.3 is 19.5 Å². The number of hydrogen-bond acceptors (Lipinski definition) is 4. The monoisotopic (exact) mass is 371 g/mol. The maximum absolute atomic E-state index is 12.4. The van der Waals surface area contributed by atoms with Crippen LogP contribution in [0.1, 0.15) is 38.7 Å². The van der Waals surface area contributed by atoms with E-state index in [2.05, 4.69) is 25.2 Å². The van der Waals surface area contributed by atoms with Gasteiger partial charge in [-0.3, -0.25) is 4.79 Å². The maximum atomic E-state index is 12.4. The van der Waals surface area contributed by atoms with Crippen molar-refractivity contribution in [2.24, 2.45) is 0 Å². The minimum absolute atomic E-state index is 0.163. The summed E-state index contributed by atoms with van der Waals surface area (Å²) in [5.74, 6) is 2.25. The van der Waals surface area contributed by atoms with E-state index >= 15 is 0 Å². The molecule has 27 heavy (non-hydrogen) atoms. The molecule has 0 saturated heterocycles. The molecule has 0 heterocycles. The van der Waals surface area contributed by atoms with Gasteiger partial charge in [0.15, 0.2) is 17.6 Å². The molecule has 2 aromatic rings. The molecule has 2 rings (SSSR count). The molecule has 1 unspecified atom stereocenters. The van der Waals surface area contributed by atoms with Crippen LogP contribution in [0.3, 0.4) is 0 Å². The zero-order valence-corrected chi connectivity index (χ0v) is 16.5. The molecule has 0 radical (unpaired) electrons. The normalized spacial score (nSPS) is 11.7. The standard InChI is InChI=1S/C22H29NO4/c1-5-18(27-21-13-9-8-12-20(21)25-4)22(24)23-14-15-26-19-11-7-6-10-17(19)16(2)3/h6-13,16,18H,5,14-15H2,1-4H3,(H,23,24). The van der Waals surface area contributed by atoms with Crippen LogP contribution in [0.4, 0.5) is 0 Å². The Morgan fingerprint density at radius 1 is 1.00 bits per heavy atom. The molecule has 0 spiro atoms. The summed E-state index contributed by atoms with van der Waals surface area (Å²) < 4.78 is 16.9. The molecule has 5 heteroatoms. The predicted molar refractivity (Wildman–Crippen MR) is 107 cm³/mol. The zero-order valence-electron chi connectivity index (χ0n) is 16.5. The van der Waals surface area contributed by atoms with Crippen LogP contribution in [-0.2, 0) is 4.79 Å². The molecule has 0 saturated carbocycles. The van der Waals surface area contributed by atoms with E-state index in [1.807, 2.05) is 37.3 Å². The van der Waals surface area contributed by atoms with Crippen LogP contribution in [0.5, 0.6) is 17.2 Å². The van der Waals surface area contributed by atoms with Crippen molar-refractivity contribution in [3.63, 3.8) is 0 Å². The first-order valence-corrected chi connectivity index (χ1v) is 9.35. The van der Waals surface area contributed by atoms with Gasteiger partial charge in [-0.1, -0.05) is 51.1 Å². The summed E-state index contributed by atoms with van der Waals surface area (Å²) in [5, 5.41) is 2.88. The van der Waals surface area contributed by atoms with Crippen LogP contribution in [0.2, 0.25) is 0 Å². The Kier molecular flexibility index (Phi) is 7.99. The predicted octanol–water partition coefficient (Wildman–Crippen LogP) is 4.17. The van der Waals surface area contributed by atoms with E-state index in [-0.39, 0.29) is 5.91 Å². The van der Waals surface area contributed by atoms with Crippen molar-refractivity contribution in [3.05, 3.63) is 54.1 Å². The molecule has 0 aliphatic heterocycles. The molecular weight excluding hydrogens is 342 g/mol. The van der Waals surface area contributed by atoms with Crippen molar-refractivity contribution in [1.29, 1.82) is 0 Å². The number of amides is 1. The Balaban J connectivity index is 1.85. The molecule has 0 aliphatic rings. The summed E-state index contributed by atoms with van der Waals surface area (Å²) in [4.78, 5) is 12.4. The molecule has 2 aromatic carbocycles. The van der Waals surface area contributed by atoms with Crippen molar-refractivity contribution in [3.8, 4) is 17.2 Å². The van der Waals surface area contributed by atoms with E-state index in [4.69, 9.17) is 14.2 Å². The van der Waals surface area contributed by atoms with Crippen LogP contribution in [-0.4, -0.2) is 32.3 Å². The van der Waals surface area contributed by atoms with Crippen LogP contribution < -0.4 is 19.5 Å². The number of rotatable bonds is 10. The lowest BCUT2D eigenvalue weighted by atomic mass is 10.0. The highest BCUT2D eigenvalue weighted by Gasteiger charge is 2.19. The summed E-state index contributed by atoms with van der Waals surface area (Å²) in [6.45, 7) is 6.99. The molecule has 0 bridgehead atoms. The lowest BCUT2D eigenvalue weighted by molar-refractivity contribution is -0.128. The van der Waals surface area contributed by atoms with E-state index in [1.54, 1.807) is 19.2 Å². The lowest BCUT2D eigenvalue weighted by Gasteiger charge is -2.19. The van der Waals surface area contributed by atoms with E-state index < -0.39 is 6.10 Å². The molecule has 1 atom stereocenters. The third-order valence-corrected chi connectivity index (χ3v) is 4.20. The van der Waals surface area contributed by atoms with Gasteiger partial charge in [-0.15, -0.1) is 0 Å². The third-order valence-electron chi connectivity index (χ3n) is 4.20. The fraction of sp³-hybridized carbons (Fsp3) is 0.409. The van der Waals surface area contributed by atoms with Crippen molar-refractivity contribution < 1.29 is 19.0 Å². The first-order valence-electron chi connectivity index (χ1n) is 9.35. The van der Waals surface area contributed by atoms with E-state index in [1.165, 1.54) is 0 Å². The quantitative estimate of drug-likeness (QED) is 0.637. The van der Waals surface area contributed by atoms with Gasteiger partial charge in [-0.2, -0.15) is 0 Å². The number of carbonyl (C=O) groups excluding carboxylic acids is 1. The number of carbonyl (C=O) groups is 1. The molecule has 0 fully saturated rings. The van der Waals surface area contributed by atoms with Crippen molar-refractivity contribution >= 4 is 5.91 Å². The first kappa shape index (κ1) is 20.6. The zero-order chi connectivity index (χ0) is 19.6. The number of nitrogens with one attached hydrogen (secondary N) is 1. The second kappa shape index (κ2) is 10.5. The highest BCUT2D eigenvalue weighted by Crippen LogP contribution is 2.27. The van der Waals surface area contributed by atoms with Crippen LogP contribution in [0, 0.1) is 0 Å². The molecule has 0 aliphatic carbocycles. The Labute approximate surface area is 161 Å². The molecule has 0 aromatic heterocycles. The SMILES string of the molecule is CCC(Oc1ccccc1OC)C(=O)NCCOc1ccccc1C(C)C. The molecule has 146 valence electrons. The smallest absolute Gasteiger partial charge is 0.261 e. The summed E-state index contributed by atoms with van der Waals surface area (Å²) in [7, 11) is 1.58. The summed E-state index contributed by atoms with van der Waals surface area (Å²) in [6.07, 6.45) is -0.0229. The van der Waals surface area contributed by atoms with Crippen molar-refractivity contribution in [2.75, 3.05) is 20.3 Å². The van der Waals surface area contributed by atoms with Gasteiger partial charge in [0.25, 0.3) is 5.91 Å². The highest BCUT2D eigenvalue weighted by atomic mass is 16.5. The number of methoxy groups -OCH3 is 1. The van der Waals surface area contributed by atoms with E-state index in [0.29, 0.717) is 37.0 Å². The summed E-state index contributed by atoms with van der Waals surface area (Å²) in [6, 6.07) is 15.3. The minimum Gasteiger partial charge on any atom is -0.493 e. The van der Waals surface area contributed by atoms with Gasteiger partial charge in [-0.05, 0) is 36.1 Å². The minimum atomic E-state index is -0.579. The van der Waals surface area contributed by atoms with Gasteiger partial charge >= 0.3 is 0 Å². The Morgan fingerprint density at radius 3 is 2.26 bits per heavy atom. The maximum Gasteiger partial charge on any atom is 0.261 e. The van der Waals surface area contributed by atoms with Crippen LogP contribution in [0.15, 0.2) is 48.5 Å². The average molecular weight is 371 g/mol. The van der Waals surface area contributed by atoms with Crippen LogP contribution in [0.25, 0.3) is 0 Å². The van der Waals surface area contributed by atoms with Crippen molar-refractivity contribution in [1.82, 2.24) is 5.32 Å². The van der Waals surface area contributed by atoms with Gasteiger partial charge in [0.2, 0.25) is 0 Å². The first-order chi connectivity index (χ1) is 13.1. The largest absolute Gasteiger partial charge is 0.493 e. The fourth-order valence-electron chi connectivity index (χ4n) is 2.73. The van der Waals surface area contributed by atoms with Gasteiger partial charge in [0, 0.05) is 0 Å². The molecular formula is C22H29NO4. The number of para-hydroxylation sites is 3. The summed E-state index contributed by atoms with van der Waals surface area (Å²) >= 11 is 0. The van der Waals surface area contributed by atoms with E-state index in [0.717, 1.165) is 11.3 Å². The number of ether oxygens (including phenoxy) is 3. The second-order valence-corrected chi connectivity index (χ2v) is 6.50. The Bertz CT molecular complexity index is 730. The van der Waals surface area contributed by atoms with Gasteiger partial charge in [0.1, 0.15) is 12.4 Å². The number of benzene rings is 2. The number of hydrogen-bond donors (Lipinski definition) is 1. The molecule has 5 nitrogen and oxygen atoms in total. The van der Waals surface area contributed by atoms with E-state index in [9.17, 15) is 4.79 Å². The average Bonchev–Trinajstić information content (AvgIpc) is 2.69. The van der Waals surface area contributed by atoms with Gasteiger partial charge in [-0.25, -0.2) is 0 Å². The third kappa shape index (κ3) is 5.91. The van der Waals surface area contributed by atoms with Crippen molar-refractivity contribution in [2.45, 2.75) is 39.2 Å². The fourth-order valence-corrected chi connectivity index (χ4v) is 2.73. The topological polar surface area (TPSA) is 56.8 Å². The molecule has 1 N–H and O–H groups in total. The Morgan fingerprint density at radius 2 is 1.63 bits per heavy atom.